The van der Waals surface area contributed by atoms with Crippen LogP contribution in [0.3, 0.4) is 0 Å². The minimum atomic E-state index is -0.433. The van der Waals surface area contributed by atoms with Gasteiger partial charge >= 0.3 is 0 Å². The molecule has 1 aliphatic heterocycles. The molecule has 1 N–H and O–H groups in total. The minimum Gasteiger partial charge on any atom is -0.396 e. The molecule has 1 rings (SSSR count). The second-order valence-electron chi connectivity index (χ2n) is 3.92. The molecule has 0 radical (unpaired) electrons. The number of hydrogen-bond donors (Lipinski definition) is 1. The molecule has 0 spiro atoms. The molecule has 1 heterocycles. The first-order chi connectivity index (χ1) is 5.96. The summed E-state index contributed by atoms with van der Waals surface area (Å²) in [6.45, 7) is 3.80. The van der Waals surface area contributed by atoms with E-state index < -0.39 is 5.41 Å². The molecule has 0 unspecified atom stereocenters. The van der Waals surface area contributed by atoms with Crippen LogP contribution in [-0.2, 0) is 9.59 Å². The van der Waals surface area contributed by atoms with Crippen molar-refractivity contribution in [1.29, 1.82) is 0 Å². The van der Waals surface area contributed by atoms with E-state index in [1.165, 1.54) is 12.2 Å². The fourth-order valence-corrected chi connectivity index (χ4v) is 1.06. The number of aliphatic hydroxyl groups is 1. The molecule has 0 atom stereocenters. The summed E-state index contributed by atoms with van der Waals surface area (Å²) in [5.74, 6) is -0.599. The van der Waals surface area contributed by atoms with Gasteiger partial charge in [0.2, 0.25) is 0 Å². The van der Waals surface area contributed by atoms with Gasteiger partial charge in [0.1, 0.15) is 0 Å². The van der Waals surface area contributed by atoms with Gasteiger partial charge in [-0.25, -0.2) is 0 Å². The molecule has 0 aromatic heterocycles. The maximum absolute atomic E-state index is 11.1. The lowest BCUT2D eigenvalue weighted by atomic mass is 9.94. The standard InChI is InChI=1S/C9H13NO3/c1-9(2,6-11)5-10-7(12)3-4-8(10)13/h3-4,11H,5-6H2,1-2H3. The summed E-state index contributed by atoms with van der Waals surface area (Å²) in [5, 5.41) is 8.96. The third-order valence-corrected chi connectivity index (χ3v) is 1.91. The smallest absolute Gasteiger partial charge is 0.253 e. The first-order valence-corrected chi connectivity index (χ1v) is 4.11. The highest BCUT2D eigenvalue weighted by molar-refractivity contribution is 6.12. The number of imide groups is 1. The fraction of sp³-hybridized carbons (Fsp3) is 0.556. The third kappa shape index (κ3) is 2.15. The van der Waals surface area contributed by atoms with Crippen molar-refractivity contribution in [2.75, 3.05) is 13.2 Å². The third-order valence-electron chi connectivity index (χ3n) is 1.91. The van der Waals surface area contributed by atoms with E-state index in [9.17, 15) is 9.59 Å². The van der Waals surface area contributed by atoms with Crippen LogP contribution in [0, 0.1) is 5.41 Å². The average Bonchev–Trinajstić information content (AvgIpc) is 2.36. The van der Waals surface area contributed by atoms with Crippen LogP contribution in [0.5, 0.6) is 0 Å². The number of rotatable bonds is 3. The van der Waals surface area contributed by atoms with E-state index >= 15 is 0 Å². The molecule has 2 amide bonds. The van der Waals surface area contributed by atoms with Crippen LogP contribution in [0.1, 0.15) is 13.8 Å². The van der Waals surface area contributed by atoms with Gasteiger partial charge in [-0.15, -0.1) is 0 Å². The van der Waals surface area contributed by atoms with Gasteiger partial charge in [-0.3, -0.25) is 14.5 Å². The number of hydrogen-bond acceptors (Lipinski definition) is 3. The molecule has 0 aromatic carbocycles. The predicted octanol–water partition coefficient (Wildman–Crippen LogP) is -0.0701. The monoisotopic (exact) mass is 183 g/mol. The molecule has 4 nitrogen and oxygen atoms in total. The Morgan fingerprint density at radius 3 is 2.15 bits per heavy atom. The fourth-order valence-electron chi connectivity index (χ4n) is 1.06. The van der Waals surface area contributed by atoms with Crippen LogP contribution in [0.25, 0.3) is 0 Å². The van der Waals surface area contributed by atoms with Crippen LogP contribution in [-0.4, -0.2) is 35.0 Å². The van der Waals surface area contributed by atoms with E-state index in [0.717, 1.165) is 4.90 Å². The first kappa shape index (κ1) is 9.92. The Labute approximate surface area is 76.8 Å². The maximum Gasteiger partial charge on any atom is 0.253 e. The molecule has 1 aliphatic rings. The van der Waals surface area contributed by atoms with Crippen molar-refractivity contribution >= 4 is 11.8 Å². The lowest BCUT2D eigenvalue weighted by molar-refractivity contribution is -0.138. The quantitative estimate of drug-likeness (QED) is 0.623. The van der Waals surface area contributed by atoms with E-state index in [-0.39, 0.29) is 25.0 Å². The lowest BCUT2D eigenvalue weighted by Gasteiger charge is -2.26. The molecule has 0 aliphatic carbocycles. The zero-order chi connectivity index (χ0) is 10.1. The van der Waals surface area contributed by atoms with Crippen molar-refractivity contribution < 1.29 is 14.7 Å². The number of aliphatic hydroxyl groups excluding tert-OH is 1. The molecule has 0 aromatic rings. The minimum absolute atomic E-state index is 0.0515. The molecule has 13 heavy (non-hydrogen) atoms. The highest BCUT2D eigenvalue weighted by Crippen LogP contribution is 2.18. The van der Waals surface area contributed by atoms with Gasteiger partial charge in [-0.05, 0) is 0 Å². The molecule has 0 saturated carbocycles. The Hall–Kier alpha value is -1.16. The number of carbonyl (C=O) groups excluding carboxylic acids is 2. The zero-order valence-electron chi connectivity index (χ0n) is 7.78. The normalized spacial score (nSPS) is 17.3. The highest BCUT2D eigenvalue weighted by Gasteiger charge is 2.29. The van der Waals surface area contributed by atoms with E-state index in [2.05, 4.69) is 0 Å². The second-order valence-corrected chi connectivity index (χ2v) is 3.92. The van der Waals surface area contributed by atoms with Crippen molar-refractivity contribution in [3.05, 3.63) is 12.2 Å². The Bertz CT molecular complexity index is 250. The van der Waals surface area contributed by atoms with E-state index in [1.807, 2.05) is 0 Å². The van der Waals surface area contributed by atoms with Crippen LogP contribution in [0.4, 0.5) is 0 Å². The van der Waals surface area contributed by atoms with Gasteiger partial charge in [0.25, 0.3) is 11.8 Å². The molecular formula is C9H13NO3. The summed E-state index contributed by atoms with van der Waals surface area (Å²) in [6, 6.07) is 0. The summed E-state index contributed by atoms with van der Waals surface area (Å²) in [5.41, 5.74) is -0.433. The summed E-state index contributed by atoms with van der Waals surface area (Å²) in [7, 11) is 0. The molecule has 0 saturated heterocycles. The zero-order valence-corrected chi connectivity index (χ0v) is 7.78. The summed E-state index contributed by atoms with van der Waals surface area (Å²) >= 11 is 0. The summed E-state index contributed by atoms with van der Waals surface area (Å²) < 4.78 is 0. The Balaban J connectivity index is 2.65. The molecule has 72 valence electrons. The van der Waals surface area contributed by atoms with Crippen molar-refractivity contribution in [1.82, 2.24) is 4.90 Å². The number of carbonyl (C=O) groups is 2. The molecule has 4 heteroatoms. The van der Waals surface area contributed by atoms with Crippen LogP contribution in [0.2, 0.25) is 0 Å². The Kier molecular flexibility index (Phi) is 2.52. The van der Waals surface area contributed by atoms with E-state index in [0.29, 0.717) is 0 Å². The van der Waals surface area contributed by atoms with Crippen LogP contribution in [0.15, 0.2) is 12.2 Å². The summed E-state index contributed by atoms with van der Waals surface area (Å²) in [4.78, 5) is 23.4. The van der Waals surface area contributed by atoms with Gasteiger partial charge in [-0.2, -0.15) is 0 Å². The van der Waals surface area contributed by atoms with E-state index in [4.69, 9.17) is 5.11 Å². The van der Waals surface area contributed by atoms with Crippen molar-refractivity contribution in [2.24, 2.45) is 5.41 Å². The number of nitrogens with zero attached hydrogens (tertiary/aromatic N) is 1. The van der Waals surface area contributed by atoms with Crippen molar-refractivity contribution in [3.8, 4) is 0 Å². The lowest BCUT2D eigenvalue weighted by Crippen LogP contribution is -2.40. The van der Waals surface area contributed by atoms with Gasteiger partial charge in [-0.1, -0.05) is 13.8 Å². The van der Waals surface area contributed by atoms with Gasteiger partial charge in [0.05, 0.1) is 0 Å². The van der Waals surface area contributed by atoms with Gasteiger partial charge < -0.3 is 5.11 Å². The Morgan fingerprint density at radius 2 is 1.77 bits per heavy atom. The molecular weight excluding hydrogens is 170 g/mol. The summed E-state index contributed by atoms with van der Waals surface area (Å²) in [6.07, 6.45) is 2.49. The molecule has 0 bridgehead atoms. The van der Waals surface area contributed by atoms with Crippen LogP contribution >= 0.6 is 0 Å². The topological polar surface area (TPSA) is 57.6 Å². The second kappa shape index (κ2) is 3.30. The maximum atomic E-state index is 11.1. The SMILES string of the molecule is CC(C)(CO)CN1C(=O)C=CC1=O. The van der Waals surface area contributed by atoms with Crippen molar-refractivity contribution in [2.45, 2.75) is 13.8 Å². The largest absolute Gasteiger partial charge is 0.396 e. The first-order valence-electron chi connectivity index (χ1n) is 4.11. The predicted molar refractivity (Wildman–Crippen MR) is 46.7 cm³/mol. The highest BCUT2D eigenvalue weighted by atomic mass is 16.3. The van der Waals surface area contributed by atoms with Gasteiger partial charge in [0.15, 0.2) is 0 Å². The van der Waals surface area contributed by atoms with Crippen LogP contribution < -0.4 is 0 Å². The number of amides is 2. The van der Waals surface area contributed by atoms with Gasteiger partial charge in [0, 0.05) is 30.7 Å². The Morgan fingerprint density at radius 1 is 1.31 bits per heavy atom. The average molecular weight is 183 g/mol. The van der Waals surface area contributed by atoms with Crippen molar-refractivity contribution in [3.63, 3.8) is 0 Å². The molecule has 0 fully saturated rings. The van der Waals surface area contributed by atoms with E-state index in [1.54, 1.807) is 13.8 Å².